The molecule has 0 N–H and O–H groups in total. The number of hydrogen-bond donors (Lipinski definition) is 0. The lowest BCUT2D eigenvalue weighted by molar-refractivity contribution is -0.245. The summed E-state index contributed by atoms with van der Waals surface area (Å²) in [6.45, 7) is 4.12. The van der Waals surface area contributed by atoms with Gasteiger partial charge >= 0.3 is 0 Å². The lowest BCUT2D eigenvalue weighted by Crippen LogP contribution is -2.44. The summed E-state index contributed by atoms with van der Waals surface area (Å²) in [6, 6.07) is 16.7. The molecule has 1 fully saturated rings. The molecule has 2 heterocycles. The number of hydrogen-bond acceptors (Lipinski definition) is 6. The van der Waals surface area contributed by atoms with Crippen LogP contribution >= 0.6 is 0 Å². The van der Waals surface area contributed by atoms with E-state index in [1.807, 2.05) is 43.3 Å². The van der Waals surface area contributed by atoms with Gasteiger partial charge in [0.15, 0.2) is 5.79 Å². The molecule has 1 spiro atoms. The molecule has 3 atom stereocenters. The van der Waals surface area contributed by atoms with Crippen LogP contribution in [-0.2, 0) is 35.1 Å². The Morgan fingerprint density at radius 3 is 2.41 bits per heavy atom. The van der Waals surface area contributed by atoms with Crippen LogP contribution in [0, 0.1) is 18.8 Å². The minimum Gasteiger partial charge on any atom is -0.376 e. The van der Waals surface area contributed by atoms with E-state index in [0.29, 0.717) is 32.8 Å². The highest BCUT2D eigenvalue weighted by Gasteiger charge is 2.38. The fourth-order valence-electron chi connectivity index (χ4n) is 3.80. The molecule has 0 radical (unpaired) electrons. The van der Waals surface area contributed by atoms with Gasteiger partial charge < -0.3 is 14.2 Å². The monoisotopic (exact) mass is 458 g/mol. The molecule has 2 aromatic carbocycles. The van der Waals surface area contributed by atoms with Crippen molar-refractivity contribution in [2.45, 2.75) is 37.1 Å². The highest BCUT2D eigenvalue weighted by Crippen LogP contribution is 2.34. The fraction of sp³-hybridized carbons (Fsp3) is 0.440. The van der Waals surface area contributed by atoms with Gasteiger partial charge in [-0.2, -0.15) is 8.42 Å². The van der Waals surface area contributed by atoms with E-state index in [1.165, 1.54) is 0 Å². The van der Waals surface area contributed by atoms with Crippen molar-refractivity contribution in [3.63, 3.8) is 0 Å². The Bertz CT molecular complexity index is 992. The molecule has 32 heavy (non-hydrogen) atoms. The van der Waals surface area contributed by atoms with Crippen LogP contribution in [0.25, 0.3) is 0 Å². The van der Waals surface area contributed by atoms with E-state index in [1.54, 1.807) is 24.3 Å². The first-order chi connectivity index (χ1) is 15.4. The van der Waals surface area contributed by atoms with Gasteiger partial charge in [-0.05, 0) is 37.1 Å². The van der Waals surface area contributed by atoms with Crippen LogP contribution in [0.1, 0.15) is 24.0 Å². The summed E-state index contributed by atoms with van der Waals surface area (Å²) < 4.78 is 47.9. The maximum atomic E-state index is 12.4. The minimum absolute atomic E-state index is 0.00442. The van der Waals surface area contributed by atoms with E-state index in [2.05, 4.69) is 6.08 Å². The van der Waals surface area contributed by atoms with Gasteiger partial charge in [0.2, 0.25) is 0 Å². The first-order valence-electron chi connectivity index (χ1n) is 11.0. The summed E-state index contributed by atoms with van der Waals surface area (Å²) in [7, 11) is -3.76. The zero-order chi connectivity index (χ0) is 22.4. The molecule has 1 saturated heterocycles. The highest BCUT2D eigenvalue weighted by molar-refractivity contribution is 7.86. The standard InChI is InChI=1S/C25H30O6S/c1-20-7-9-24(10-8-20)32(26,27)31-19-23-12-14-25(30-18-23)13-11-22(17-29-25)16-28-15-21-5-3-2-4-6-21/h2-11,13,22-23H,12,14-19H2,1H3/t22-,23-,25+/m0/s1. The number of ether oxygens (including phenoxy) is 3. The first kappa shape index (κ1) is 23.1. The normalized spacial score (nSPS) is 25.8. The molecule has 4 rings (SSSR count). The Balaban J connectivity index is 1.20. The van der Waals surface area contributed by atoms with Crippen molar-refractivity contribution in [2.24, 2.45) is 11.8 Å². The smallest absolute Gasteiger partial charge is 0.296 e. The van der Waals surface area contributed by atoms with Crippen molar-refractivity contribution >= 4 is 10.1 Å². The second-order valence-electron chi connectivity index (χ2n) is 8.51. The van der Waals surface area contributed by atoms with Gasteiger partial charge in [-0.25, -0.2) is 0 Å². The second-order valence-corrected chi connectivity index (χ2v) is 10.1. The van der Waals surface area contributed by atoms with E-state index < -0.39 is 15.9 Å². The first-order valence-corrected chi connectivity index (χ1v) is 12.4. The summed E-state index contributed by atoms with van der Waals surface area (Å²) in [6.07, 6.45) is 5.52. The summed E-state index contributed by atoms with van der Waals surface area (Å²) in [5.41, 5.74) is 2.15. The molecule has 0 aliphatic carbocycles. The van der Waals surface area contributed by atoms with Gasteiger partial charge in [-0.1, -0.05) is 54.1 Å². The molecular formula is C25H30O6S. The van der Waals surface area contributed by atoms with Crippen LogP contribution in [-0.4, -0.2) is 40.6 Å². The zero-order valence-corrected chi connectivity index (χ0v) is 19.1. The van der Waals surface area contributed by atoms with Crippen molar-refractivity contribution < 1.29 is 26.8 Å². The van der Waals surface area contributed by atoms with Crippen LogP contribution < -0.4 is 0 Å². The molecule has 2 aliphatic rings. The largest absolute Gasteiger partial charge is 0.376 e. The maximum Gasteiger partial charge on any atom is 0.296 e. The molecule has 2 aliphatic heterocycles. The summed E-state index contributed by atoms with van der Waals surface area (Å²) in [4.78, 5) is 0.176. The highest BCUT2D eigenvalue weighted by atomic mass is 32.2. The molecular weight excluding hydrogens is 428 g/mol. The SMILES string of the molecule is Cc1ccc(S(=O)(=O)OC[C@H]2CC[C@@]3(C=C[C@@H](COCc4ccccc4)CO3)OC2)cc1. The van der Waals surface area contributed by atoms with Crippen molar-refractivity contribution in [1.82, 2.24) is 0 Å². The lowest BCUT2D eigenvalue weighted by atomic mass is 9.94. The molecule has 2 aromatic rings. The minimum atomic E-state index is -3.76. The lowest BCUT2D eigenvalue weighted by Gasteiger charge is -2.40. The van der Waals surface area contributed by atoms with Crippen LogP contribution in [0.15, 0.2) is 71.6 Å². The van der Waals surface area contributed by atoms with Gasteiger partial charge in [-0.3, -0.25) is 4.18 Å². The molecule has 6 nitrogen and oxygen atoms in total. The van der Waals surface area contributed by atoms with E-state index in [-0.39, 0.29) is 23.3 Å². The van der Waals surface area contributed by atoms with Crippen LogP contribution in [0.4, 0.5) is 0 Å². The van der Waals surface area contributed by atoms with Crippen LogP contribution in [0.5, 0.6) is 0 Å². The Labute approximate surface area is 190 Å². The third kappa shape index (κ3) is 6.05. The number of aryl methyl sites for hydroxylation is 1. The van der Waals surface area contributed by atoms with Crippen molar-refractivity contribution in [3.8, 4) is 0 Å². The third-order valence-corrected chi connectivity index (χ3v) is 7.14. The molecule has 172 valence electrons. The maximum absolute atomic E-state index is 12.4. The fourth-order valence-corrected chi connectivity index (χ4v) is 4.77. The van der Waals surface area contributed by atoms with Crippen LogP contribution in [0.2, 0.25) is 0 Å². The molecule has 0 amide bonds. The van der Waals surface area contributed by atoms with Crippen molar-refractivity contribution in [1.29, 1.82) is 0 Å². The third-order valence-electron chi connectivity index (χ3n) is 5.84. The average molecular weight is 459 g/mol. The van der Waals surface area contributed by atoms with Crippen LogP contribution in [0.3, 0.4) is 0 Å². The van der Waals surface area contributed by atoms with Gasteiger partial charge in [0.1, 0.15) is 0 Å². The van der Waals surface area contributed by atoms with E-state index in [9.17, 15) is 8.42 Å². The topological polar surface area (TPSA) is 71.1 Å². The van der Waals surface area contributed by atoms with E-state index in [0.717, 1.165) is 17.5 Å². The van der Waals surface area contributed by atoms with Gasteiger partial charge in [0, 0.05) is 18.3 Å². The molecule has 0 aromatic heterocycles. The van der Waals surface area contributed by atoms with Crippen molar-refractivity contribution in [3.05, 3.63) is 77.9 Å². The summed E-state index contributed by atoms with van der Waals surface area (Å²) in [5.74, 6) is -0.527. The summed E-state index contributed by atoms with van der Waals surface area (Å²) in [5, 5.41) is 0. The quantitative estimate of drug-likeness (QED) is 0.435. The Morgan fingerprint density at radius 2 is 1.75 bits per heavy atom. The Hall–Kier alpha value is -2.03. The average Bonchev–Trinajstić information content (AvgIpc) is 2.81. The van der Waals surface area contributed by atoms with Gasteiger partial charge in [0.05, 0.1) is 37.9 Å². The summed E-state index contributed by atoms with van der Waals surface area (Å²) >= 11 is 0. The van der Waals surface area contributed by atoms with Gasteiger partial charge in [-0.15, -0.1) is 0 Å². The van der Waals surface area contributed by atoms with Gasteiger partial charge in [0.25, 0.3) is 10.1 Å². The Kier molecular flexibility index (Phi) is 7.43. The predicted octanol–water partition coefficient (Wildman–Crippen LogP) is 4.24. The number of rotatable bonds is 8. The van der Waals surface area contributed by atoms with E-state index >= 15 is 0 Å². The molecule has 7 heteroatoms. The Morgan fingerprint density at radius 1 is 1.00 bits per heavy atom. The molecule has 0 bridgehead atoms. The second kappa shape index (κ2) is 10.3. The van der Waals surface area contributed by atoms with Crippen molar-refractivity contribution in [2.75, 3.05) is 26.4 Å². The number of benzene rings is 2. The predicted molar refractivity (Wildman–Crippen MR) is 120 cm³/mol. The molecule has 0 unspecified atom stereocenters. The molecule has 0 saturated carbocycles. The van der Waals surface area contributed by atoms with E-state index in [4.69, 9.17) is 18.4 Å². The zero-order valence-electron chi connectivity index (χ0n) is 18.3.